The molecule has 4 rings (SSSR count). The van der Waals surface area contributed by atoms with Crippen LogP contribution in [0.4, 0.5) is 13.2 Å². The number of benzene rings is 3. The van der Waals surface area contributed by atoms with Gasteiger partial charge in [0.25, 0.3) is 0 Å². The van der Waals surface area contributed by atoms with E-state index in [9.17, 15) is 18.3 Å². The first kappa shape index (κ1) is 18.3. The van der Waals surface area contributed by atoms with Gasteiger partial charge in [-0.25, -0.2) is 17.9 Å². The summed E-state index contributed by atoms with van der Waals surface area (Å²) in [4.78, 5) is 0. The number of halogens is 3. The number of nitrogens with zero attached hydrogens (tertiary/aromatic N) is 2. The lowest BCUT2D eigenvalue weighted by Crippen LogP contribution is -2.31. The Balaban J connectivity index is 1.71. The second kappa shape index (κ2) is 7.13. The van der Waals surface area contributed by atoms with Crippen LogP contribution in [0.15, 0.2) is 72.9 Å². The Bertz CT molecular complexity index is 1120. The molecule has 1 heterocycles. The lowest BCUT2D eigenvalue weighted by atomic mass is 9.88. The maximum absolute atomic E-state index is 13.8. The summed E-state index contributed by atoms with van der Waals surface area (Å²) in [5.74, 6) is -0.775. The van der Waals surface area contributed by atoms with E-state index in [-0.39, 0.29) is 12.2 Å². The molecular formula is C22H17F3N2O. The molecule has 0 saturated carbocycles. The van der Waals surface area contributed by atoms with Gasteiger partial charge in [-0.3, -0.25) is 0 Å². The van der Waals surface area contributed by atoms with Crippen LogP contribution >= 0.6 is 0 Å². The molecule has 0 radical (unpaired) electrons. The van der Waals surface area contributed by atoms with Crippen LogP contribution in [-0.2, 0) is 12.0 Å². The van der Waals surface area contributed by atoms with Gasteiger partial charge in [0.15, 0.2) is 0 Å². The summed E-state index contributed by atoms with van der Waals surface area (Å²) >= 11 is 0. The molecule has 0 aliphatic rings. The fourth-order valence-electron chi connectivity index (χ4n) is 3.32. The van der Waals surface area contributed by atoms with E-state index in [4.69, 9.17) is 0 Å². The first-order valence-electron chi connectivity index (χ1n) is 8.75. The van der Waals surface area contributed by atoms with Crippen molar-refractivity contribution in [3.63, 3.8) is 0 Å². The molecule has 3 aromatic carbocycles. The predicted molar refractivity (Wildman–Crippen MR) is 101 cm³/mol. The molecule has 0 bridgehead atoms. The van der Waals surface area contributed by atoms with Gasteiger partial charge in [0, 0.05) is 11.8 Å². The first-order valence-corrected chi connectivity index (χ1v) is 8.75. The smallest absolute Gasteiger partial charge is 0.123 e. The lowest BCUT2D eigenvalue weighted by molar-refractivity contribution is 0.0114. The van der Waals surface area contributed by atoms with E-state index in [0.29, 0.717) is 22.2 Å². The van der Waals surface area contributed by atoms with Crippen molar-refractivity contribution in [2.24, 2.45) is 0 Å². The van der Waals surface area contributed by atoms with Crippen molar-refractivity contribution in [2.45, 2.75) is 12.0 Å². The molecule has 0 aliphatic heterocycles. The fraction of sp³-hybridized carbons (Fsp3) is 0.136. The van der Waals surface area contributed by atoms with Gasteiger partial charge < -0.3 is 5.11 Å². The van der Waals surface area contributed by atoms with E-state index in [0.717, 1.165) is 5.52 Å². The van der Waals surface area contributed by atoms with Crippen molar-refractivity contribution in [1.82, 2.24) is 9.78 Å². The maximum atomic E-state index is 13.8. The van der Waals surface area contributed by atoms with E-state index in [2.05, 4.69) is 5.10 Å². The zero-order chi connectivity index (χ0) is 19.7. The summed E-state index contributed by atoms with van der Waals surface area (Å²) in [6.45, 7) is -1.01. The predicted octanol–water partition coefficient (Wildman–Crippen LogP) is 4.70. The standard InChI is InChI=1S/C22H17F3N2O/c23-14-22(28,12-15-2-1-3-19(25)10-15)17-4-9-21-16(11-17)13-26-27(21)20-7-5-18(24)6-8-20/h1-11,13,28H,12,14H2. The van der Waals surface area contributed by atoms with Gasteiger partial charge in [-0.1, -0.05) is 18.2 Å². The third-order valence-corrected chi connectivity index (χ3v) is 4.78. The molecule has 1 atom stereocenters. The Labute approximate surface area is 159 Å². The minimum atomic E-state index is -1.78. The Hall–Kier alpha value is -3.12. The molecule has 28 heavy (non-hydrogen) atoms. The normalized spacial score (nSPS) is 13.6. The van der Waals surface area contributed by atoms with Crippen molar-refractivity contribution in [3.8, 4) is 5.69 Å². The molecule has 3 nitrogen and oxygen atoms in total. The van der Waals surface area contributed by atoms with Crippen LogP contribution in [0.3, 0.4) is 0 Å². The second-order valence-electron chi connectivity index (χ2n) is 6.78. The molecule has 1 N–H and O–H groups in total. The van der Waals surface area contributed by atoms with Crippen molar-refractivity contribution in [2.75, 3.05) is 6.67 Å². The molecule has 1 unspecified atom stereocenters. The number of aromatic nitrogens is 2. The van der Waals surface area contributed by atoms with E-state index in [1.165, 1.54) is 30.3 Å². The van der Waals surface area contributed by atoms with Crippen LogP contribution in [0, 0.1) is 11.6 Å². The topological polar surface area (TPSA) is 38.1 Å². The summed E-state index contributed by atoms with van der Waals surface area (Å²) in [5, 5.41) is 15.9. The highest BCUT2D eigenvalue weighted by Crippen LogP contribution is 2.30. The summed E-state index contributed by atoms with van der Waals surface area (Å²) in [6.07, 6.45) is 1.54. The number of hydrogen-bond donors (Lipinski definition) is 1. The Morgan fingerprint density at radius 2 is 1.71 bits per heavy atom. The molecule has 0 fully saturated rings. The number of rotatable bonds is 5. The number of aliphatic hydroxyl groups is 1. The quantitative estimate of drug-likeness (QED) is 0.543. The highest BCUT2D eigenvalue weighted by atomic mass is 19.1. The highest BCUT2D eigenvalue weighted by molar-refractivity contribution is 5.81. The van der Waals surface area contributed by atoms with E-state index in [1.807, 2.05) is 0 Å². The average Bonchev–Trinajstić information content (AvgIpc) is 3.12. The van der Waals surface area contributed by atoms with Gasteiger partial charge in [0.1, 0.15) is 23.9 Å². The van der Waals surface area contributed by atoms with E-state index < -0.39 is 18.1 Å². The van der Waals surface area contributed by atoms with Crippen LogP contribution in [0.5, 0.6) is 0 Å². The number of hydrogen-bond acceptors (Lipinski definition) is 2. The zero-order valence-electron chi connectivity index (χ0n) is 14.8. The Kier molecular flexibility index (Phi) is 4.65. The van der Waals surface area contributed by atoms with Crippen molar-refractivity contribution >= 4 is 10.9 Å². The monoisotopic (exact) mass is 382 g/mol. The number of fused-ring (bicyclic) bond motifs is 1. The molecule has 4 aromatic rings. The van der Waals surface area contributed by atoms with Crippen LogP contribution < -0.4 is 0 Å². The molecule has 0 aliphatic carbocycles. The van der Waals surface area contributed by atoms with Gasteiger partial charge in [-0.15, -0.1) is 0 Å². The molecule has 0 amide bonds. The lowest BCUT2D eigenvalue weighted by Gasteiger charge is -2.26. The summed E-state index contributed by atoms with van der Waals surface area (Å²) < 4.78 is 42.0. The highest BCUT2D eigenvalue weighted by Gasteiger charge is 2.30. The second-order valence-corrected chi connectivity index (χ2v) is 6.78. The van der Waals surface area contributed by atoms with E-state index >= 15 is 0 Å². The first-order chi connectivity index (χ1) is 13.5. The van der Waals surface area contributed by atoms with Gasteiger partial charge >= 0.3 is 0 Å². The molecule has 0 saturated heterocycles. The molecule has 142 valence electrons. The number of alkyl halides is 1. The SMILES string of the molecule is OC(CF)(Cc1cccc(F)c1)c1ccc2c(cnn2-c2ccc(F)cc2)c1. The van der Waals surface area contributed by atoms with Crippen LogP contribution in [0.25, 0.3) is 16.6 Å². The van der Waals surface area contributed by atoms with Crippen LogP contribution in [-0.4, -0.2) is 21.6 Å². The largest absolute Gasteiger partial charge is 0.382 e. The minimum absolute atomic E-state index is 0.0567. The van der Waals surface area contributed by atoms with Crippen molar-refractivity contribution in [1.29, 1.82) is 0 Å². The van der Waals surface area contributed by atoms with Crippen molar-refractivity contribution < 1.29 is 18.3 Å². The molecule has 6 heteroatoms. The van der Waals surface area contributed by atoms with E-state index in [1.54, 1.807) is 47.3 Å². The van der Waals surface area contributed by atoms with Crippen LogP contribution in [0.2, 0.25) is 0 Å². The Morgan fingerprint density at radius 1 is 0.929 bits per heavy atom. The summed E-state index contributed by atoms with van der Waals surface area (Å²) in [6, 6.07) is 16.7. The maximum Gasteiger partial charge on any atom is 0.123 e. The molecule has 1 aromatic heterocycles. The van der Waals surface area contributed by atoms with Crippen molar-refractivity contribution in [3.05, 3.63) is 95.7 Å². The minimum Gasteiger partial charge on any atom is -0.382 e. The van der Waals surface area contributed by atoms with Gasteiger partial charge in [-0.05, 0) is 59.7 Å². The fourth-order valence-corrected chi connectivity index (χ4v) is 3.32. The zero-order valence-corrected chi connectivity index (χ0v) is 14.8. The summed E-state index contributed by atoms with van der Waals surface area (Å²) in [5.41, 5.74) is 0.527. The average molecular weight is 382 g/mol. The summed E-state index contributed by atoms with van der Waals surface area (Å²) in [7, 11) is 0. The van der Waals surface area contributed by atoms with Gasteiger partial charge in [0.05, 0.1) is 17.4 Å². The molecular weight excluding hydrogens is 365 g/mol. The third-order valence-electron chi connectivity index (χ3n) is 4.78. The van der Waals surface area contributed by atoms with Gasteiger partial charge in [0.2, 0.25) is 0 Å². The van der Waals surface area contributed by atoms with Gasteiger partial charge in [-0.2, -0.15) is 5.10 Å². The molecule has 0 spiro atoms. The third kappa shape index (κ3) is 3.39. The van der Waals surface area contributed by atoms with Crippen LogP contribution in [0.1, 0.15) is 11.1 Å². The Morgan fingerprint density at radius 3 is 2.43 bits per heavy atom.